The number of hydrogen-bond acceptors (Lipinski definition) is 3. The predicted molar refractivity (Wildman–Crippen MR) is 100 cm³/mol. The molecule has 1 aliphatic carbocycles. The van der Waals surface area contributed by atoms with Crippen molar-refractivity contribution in [2.45, 2.75) is 38.1 Å². The monoisotopic (exact) mass is 387 g/mol. The Bertz CT molecular complexity index is 757. The number of hydrogen-bond donors (Lipinski definition) is 1. The van der Waals surface area contributed by atoms with E-state index in [1.165, 1.54) is 12.8 Å². The largest absolute Gasteiger partial charge is 0.380 e. The quantitative estimate of drug-likeness (QED) is 0.857. The van der Waals surface area contributed by atoms with Crippen molar-refractivity contribution in [3.63, 3.8) is 0 Å². The number of fused-ring (bicyclic) bond motifs is 1. The Hall–Kier alpha value is -1.62. The van der Waals surface area contributed by atoms with Crippen LogP contribution in [-0.2, 0) is 4.79 Å². The van der Waals surface area contributed by atoms with Crippen molar-refractivity contribution in [2.75, 3.05) is 18.4 Å². The lowest BCUT2D eigenvalue weighted by molar-refractivity contribution is -0.134. The van der Waals surface area contributed by atoms with Crippen LogP contribution in [0.15, 0.2) is 34.9 Å². The van der Waals surface area contributed by atoms with Crippen molar-refractivity contribution in [3.8, 4) is 0 Å². The van der Waals surface area contributed by atoms with E-state index < -0.39 is 0 Å². The highest BCUT2D eigenvalue weighted by Gasteiger charge is 2.32. The number of nitrogens with zero attached hydrogens (tertiary/aromatic N) is 2. The van der Waals surface area contributed by atoms with Gasteiger partial charge in [-0.25, -0.2) is 0 Å². The Kier molecular flexibility index (Phi) is 4.44. The molecule has 1 N–H and O–H groups in total. The molecule has 1 atom stereocenters. The number of anilines is 1. The molecule has 1 amide bonds. The van der Waals surface area contributed by atoms with Crippen molar-refractivity contribution in [1.29, 1.82) is 0 Å². The molecule has 0 radical (unpaired) electrons. The molecular formula is C19H22BrN3O. The Balaban J connectivity index is 1.46. The van der Waals surface area contributed by atoms with Gasteiger partial charge in [-0.05, 0) is 43.5 Å². The molecule has 0 bridgehead atoms. The number of aromatic nitrogens is 1. The van der Waals surface area contributed by atoms with Crippen molar-refractivity contribution < 1.29 is 4.79 Å². The lowest BCUT2D eigenvalue weighted by atomic mass is 10.1. The second-order valence-electron chi connectivity index (χ2n) is 6.92. The van der Waals surface area contributed by atoms with E-state index in [-0.39, 0.29) is 5.92 Å². The van der Waals surface area contributed by atoms with Gasteiger partial charge in [0.2, 0.25) is 5.91 Å². The van der Waals surface area contributed by atoms with E-state index in [0.29, 0.717) is 11.9 Å². The molecule has 24 heavy (non-hydrogen) atoms. The van der Waals surface area contributed by atoms with Crippen molar-refractivity contribution in [1.82, 2.24) is 9.88 Å². The molecule has 1 saturated carbocycles. The summed E-state index contributed by atoms with van der Waals surface area (Å²) in [7, 11) is 0. The van der Waals surface area contributed by atoms with E-state index in [9.17, 15) is 4.79 Å². The van der Waals surface area contributed by atoms with Crippen LogP contribution >= 0.6 is 15.9 Å². The van der Waals surface area contributed by atoms with Gasteiger partial charge in [0.15, 0.2) is 0 Å². The Morgan fingerprint density at radius 1 is 1.21 bits per heavy atom. The first-order valence-electron chi connectivity index (χ1n) is 8.80. The number of nitrogens with one attached hydrogen (secondary N) is 1. The summed E-state index contributed by atoms with van der Waals surface area (Å²) in [6, 6.07) is 8.51. The molecule has 2 aliphatic rings. The van der Waals surface area contributed by atoms with Crippen molar-refractivity contribution in [3.05, 3.63) is 34.9 Å². The fourth-order valence-electron chi connectivity index (χ4n) is 3.98. The zero-order chi connectivity index (χ0) is 16.5. The third-order valence-corrected chi connectivity index (χ3v) is 5.76. The highest BCUT2D eigenvalue weighted by Crippen LogP contribution is 2.29. The smallest absolute Gasteiger partial charge is 0.225 e. The molecule has 1 aromatic carbocycles. The second kappa shape index (κ2) is 6.71. The summed E-state index contributed by atoms with van der Waals surface area (Å²) in [5, 5.41) is 4.76. The SMILES string of the molecule is O=C(C1CCCC1)N1CCC(Nc2ccnc3cc(Br)ccc23)C1. The highest BCUT2D eigenvalue weighted by molar-refractivity contribution is 9.10. The van der Waals surface area contributed by atoms with E-state index in [2.05, 4.69) is 37.2 Å². The average Bonchev–Trinajstić information content (AvgIpc) is 3.26. The number of likely N-dealkylation sites (tertiary alicyclic amines) is 1. The zero-order valence-corrected chi connectivity index (χ0v) is 15.3. The summed E-state index contributed by atoms with van der Waals surface area (Å²) in [6.07, 6.45) is 7.44. The van der Waals surface area contributed by atoms with Crippen LogP contribution in [-0.4, -0.2) is 34.9 Å². The number of halogens is 1. The van der Waals surface area contributed by atoms with Gasteiger partial charge in [0.25, 0.3) is 0 Å². The van der Waals surface area contributed by atoms with Crippen LogP contribution in [0.5, 0.6) is 0 Å². The maximum Gasteiger partial charge on any atom is 0.225 e. The van der Waals surface area contributed by atoms with Crippen LogP contribution in [0, 0.1) is 5.92 Å². The third-order valence-electron chi connectivity index (χ3n) is 5.27. The van der Waals surface area contributed by atoms with Gasteiger partial charge in [0.1, 0.15) is 0 Å². The number of benzene rings is 1. The summed E-state index contributed by atoms with van der Waals surface area (Å²) in [6.45, 7) is 1.69. The molecule has 0 spiro atoms. The number of amides is 1. The number of pyridine rings is 1. The molecule has 4 nitrogen and oxygen atoms in total. The molecule has 1 aliphatic heterocycles. The van der Waals surface area contributed by atoms with Crippen LogP contribution in [0.3, 0.4) is 0 Å². The Morgan fingerprint density at radius 3 is 2.88 bits per heavy atom. The van der Waals surface area contributed by atoms with Gasteiger partial charge in [0.05, 0.1) is 5.52 Å². The molecule has 2 aromatic rings. The van der Waals surface area contributed by atoms with E-state index in [1.807, 2.05) is 24.4 Å². The Morgan fingerprint density at radius 2 is 2.04 bits per heavy atom. The summed E-state index contributed by atoms with van der Waals surface area (Å²) >= 11 is 3.50. The van der Waals surface area contributed by atoms with Gasteiger partial charge in [-0.3, -0.25) is 9.78 Å². The lowest BCUT2D eigenvalue weighted by Crippen LogP contribution is -2.35. The summed E-state index contributed by atoms with van der Waals surface area (Å²) in [4.78, 5) is 19.1. The molecule has 4 rings (SSSR count). The minimum atomic E-state index is 0.280. The first-order valence-corrected chi connectivity index (χ1v) is 9.59. The Labute approximate surface area is 150 Å². The third kappa shape index (κ3) is 3.14. The van der Waals surface area contributed by atoms with Crippen LogP contribution in [0.2, 0.25) is 0 Å². The van der Waals surface area contributed by atoms with Gasteiger partial charge in [-0.1, -0.05) is 28.8 Å². The van der Waals surface area contributed by atoms with Crippen LogP contribution in [0.1, 0.15) is 32.1 Å². The lowest BCUT2D eigenvalue weighted by Gasteiger charge is -2.21. The van der Waals surface area contributed by atoms with Crippen LogP contribution in [0.4, 0.5) is 5.69 Å². The summed E-state index contributed by atoms with van der Waals surface area (Å²) in [5.41, 5.74) is 2.08. The average molecular weight is 388 g/mol. The van der Waals surface area contributed by atoms with Crippen LogP contribution < -0.4 is 5.32 Å². The molecule has 1 saturated heterocycles. The van der Waals surface area contributed by atoms with E-state index >= 15 is 0 Å². The second-order valence-corrected chi connectivity index (χ2v) is 7.83. The fraction of sp³-hybridized carbons (Fsp3) is 0.474. The molecule has 5 heteroatoms. The first kappa shape index (κ1) is 15.9. The molecule has 1 unspecified atom stereocenters. The van der Waals surface area contributed by atoms with Gasteiger partial charge < -0.3 is 10.2 Å². The number of carbonyl (C=O) groups excluding carboxylic acids is 1. The molecular weight excluding hydrogens is 366 g/mol. The fourth-order valence-corrected chi connectivity index (χ4v) is 4.33. The minimum Gasteiger partial charge on any atom is -0.380 e. The predicted octanol–water partition coefficient (Wildman–Crippen LogP) is 4.20. The molecule has 1 aromatic heterocycles. The van der Waals surface area contributed by atoms with Crippen molar-refractivity contribution >= 4 is 38.4 Å². The molecule has 126 valence electrons. The molecule has 2 fully saturated rings. The standard InChI is InChI=1S/C19H22BrN3O/c20-14-5-6-16-17(7-9-21-18(16)11-14)22-15-8-10-23(12-15)19(24)13-3-1-2-4-13/h5-7,9,11,13,15H,1-4,8,10,12H2,(H,21,22). The normalized spacial score (nSPS) is 21.5. The molecule has 2 heterocycles. The first-order chi connectivity index (χ1) is 11.7. The van der Waals surface area contributed by atoms with E-state index in [4.69, 9.17) is 0 Å². The summed E-state index contributed by atoms with van der Waals surface area (Å²) in [5.74, 6) is 0.656. The number of carbonyl (C=O) groups is 1. The summed E-state index contributed by atoms with van der Waals surface area (Å²) < 4.78 is 1.04. The highest BCUT2D eigenvalue weighted by atomic mass is 79.9. The van der Waals surface area contributed by atoms with Crippen LogP contribution in [0.25, 0.3) is 10.9 Å². The maximum absolute atomic E-state index is 12.6. The van der Waals surface area contributed by atoms with E-state index in [0.717, 1.165) is 53.4 Å². The maximum atomic E-state index is 12.6. The zero-order valence-electron chi connectivity index (χ0n) is 13.7. The van der Waals surface area contributed by atoms with Gasteiger partial charge >= 0.3 is 0 Å². The van der Waals surface area contributed by atoms with Crippen molar-refractivity contribution in [2.24, 2.45) is 5.92 Å². The van der Waals surface area contributed by atoms with Gasteiger partial charge in [0, 0.05) is 46.8 Å². The number of rotatable bonds is 3. The minimum absolute atomic E-state index is 0.280. The van der Waals surface area contributed by atoms with E-state index in [1.54, 1.807) is 0 Å². The topological polar surface area (TPSA) is 45.2 Å². The van der Waals surface area contributed by atoms with Gasteiger partial charge in [-0.15, -0.1) is 0 Å². The van der Waals surface area contributed by atoms with Gasteiger partial charge in [-0.2, -0.15) is 0 Å².